The van der Waals surface area contributed by atoms with Gasteiger partial charge < -0.3 is 4.90 Å². The van der Waals surface area contributed by atoms with Crippen molar-refractivity contribution in [2.75, 3.05) is 4.90 Å². The van der Waals surface area contributed by atoms with E-state index in [1.165, 1.54) is 28.1 Å². The fourth-order valence-electron chi connectivity index (χ4n) is 5.52. The summed E-state index contributed by atoms with van der Waals surface area (Å²) in [7, 11) is 0. The van der Waals surface area contributed by atoms with E-state index in [4.69, 9.17) is 9.97 Å². The second-order valence-electron chi connectivity index (χ2n) is 9.57. The van der Waals surface area contributed by atoms with Crippen LogP contribution in [-0.2, 0) is 19.3 Å². The number of para-hydroxylation sites is 1. The summed E-state index contributed by atoms with van der Waals surface area (Å²) in [5.41, 5.74) is 10.5. The molecule has 0 aliphatic carbocycles. The predicted octanol–water partition coefficient (Wildman–Crippen LogP) is 5.50. The van der Waals surface area contributed by atoms with Gasteiger partial charge in [0.1, 0.15) is 11.3 Å². The summed E-state index contributed by atoms with van der Waals surface area (Å²) in [4.78, 5) is 12.1. The first kappa shape index (κ1) is 22.4. The van der Waals surface area contributed by atoms with Gasteiger partial charge in [0.2, 0.25) is 0 Å². The molecule has 0 fully saturated rings. The Balaban J connectivity index is 1.57. The molecule has 1 atom stereocenters. The van der Waals surface area contributed by atoms with Gasteiger partial charge in [-0.25, -0.2) is 9.97 Å². The highest BCUT2D eigenvalue weighted by Crippen LogP contribution is 2.43. The Labute approximate surface area is 210 Å². The number of rotatable bonds is 5. The van der Waals surface area contributed by atoms with Crippen LogP contribution < -0.4 is 4.90 Å². The van der Waals surface area contributed by atoms with Crippen molar-refractivity contribution < 1.29 is 0 Å². The second kappa shape index (κ2) is 8.86. The molecule has 3 aromatic heterocycles. The molecule has 0 saturated carbocycles. The van der Waals surface area contributed by atoms with Crippen LogP contribution in [0.5, 0.6) is 0 Å². The minimum atomic E-state index is -0.0824. The lowest BCUT2D eigenvalue weighted by molar-refractivity contribution is 0.711. The zero-order chi connectivity index (χ0) is 24.8. The molecule has 0 amide bonds. The summed E-state index contributed by atoms with van der Waals surface area (Å²) >= 11 is 0. The number of aryl methyl sites for hydroxylation is 3. The molecule has 36 heavy (non-hydrogen) atoms. The highest BCUT2D eigenvalue weighted by Gasteiger charge is 2.29. The van der Waals surface area contributed by atoms with Gasteiger partial charge in [-0.05, 0) is 86.6 Å². The standard InChI is InChI=1S/C28H30N8/c1-5-8-25-30-26-17(2)15-16-29-28(26)36(25)22-13-14-24-21(18(22)3)12-11-20-9-6-7-10-23(20)35(24)19(4)27-31-33-34-32-27/h6-7,9-10,13-16,19H,5,8,11-12H2,1-4H3,(H,31,32,33,34). The molecule has 1 unspecified atom stereocenters. The molecule has 1 aliphatic rings. The number of H-pyrrole nitrogens is 1. The number of nitrogens with one attached hydrogen (secondary N) is 1. The molecule has 0 radical (unpaired) electrons. The third-order valence-corrected chi connectivity index (χ3v) is 7.35. The number of pyridine rings is 1. The molecular weight excluding hydrogens is 448 g/mol. The third kappa shape index (κ3) is 3.47. The lowest BCUT2D eigenvalue weighted by Crippen LogP contribution is -2.24. The first-order chi connectivity index (χ1) is 17.6. The number of aromatic nitrogens is 7. The Morgan fingerprint density at radius 3 is 2.64 bits per heavy atom. The SMILES string of the molecule is CCCc1nc2c(C)ccnc2n1-c1ccc2c(c1C)CCc1ccccc1N2C(C)c1nn[nH]n1. The third-order valence-electron chi connectivity index (χ3n) is 7.35. The van der Waals surface area contributed by atoms with E-state index in [2.05, 4.69) is 94.2 Å². The highest BCUT2D eigenvalue weighted by atomic mass is 15.5. The number of hydrogen-bond acceptors (Lipinski definition) is 6. The quantitative estimate of drug-likeness (QED) is 0.359. The average Bonchev–Trinajstić information content (AvgIpc) is 3.51. The van der Waals surface area contributed by atoms with Crippen LogP contribution in [-0.4, -0.2) is 35.2 Å². The van der Waals surface area contributed by atoms with E-state index in [0.29, 0.717) is 5.82 Å². The molecule has 2 aromatic carbocycles. The fraction of sp³-hybridized carbons (Fsp3) is 0.321. The van der Waals surface area contributed by atoms with Crippen LogP contribution in [0.2, 0.25) is 0 Å². The van der Waals surface area contributed by atoms with Crippen molar-refractivity contribution in [3.05, 3.63) is 82.6 Å². The number of anilines is 2. The number of aromatic amines is 1. The zero-order valence-electron chi connectivity index (χ0n) is 21.2. The molecule has 5 aromatic rings. The largest absolute Gasteiger partial charge is 0.330 e. The Hall–Kier alpha value is -4.07. The van der Waals surface area contributed by atoms with E-state index in [0.717, 1.165) is 53.9 Å². The van der Waals surface area contributed by atoms with E-state index in [-0.39, 0.29) is 6.04 Å². The smallest absolute Gasteiger partial charge is 0.196 e. The van der Waals surface area contributed by atoms with Gasteiger partial charge in [0, 0.05) is 24.0 Å². The molecule has 0 saturated heterocycles. The van der Waals surface area contributed by atoms with Crippen LogP contribution in [0.3, 0.4) is 0 Å². The summed E-state index contributed by atoms with van der Waals surface area (Å²) in [6.45, 7) is 8.67. The first-order valence-corrected chi connectivity index (χ1v) is 12.6. The number of hydrogen-bond donors (Lipinski definition) is 1. The predicted molar refractivity (Wildman–Crippen MR) is 141 cm³/mol. The van der Waals surface area contributed by atoms with E-state index in [9.17, 15) is 0 Å². The summed E-state index contributed by atoms with van der Waals surface area (Å²) in [5.74, 6) is 1.73. The average molecular weight is 479 g/mol. The minimum absolute atomic E-state index is 0.0824. The molecule has 4 heterocycles. The molecule has 0 bridgehead atoms. The summed E-state index contributed by atoms with van der Waals surface area (Å²) in [5, 5.41) is 15.1. The lowest BCUT2D eigenvalue weighted by atomic mass is 9.98. The van der Waals surface area contributed by atoms with Gasteiger partial charge >= 0.3 is 0 Å². The van der Waals surface area contributed by atoms with Gasteiger partial charge in [-0.1, -0.05) is 30.3 Å². The molecule has 1 N–H and O–H groups in total. The van der Waals surface area contributed by atoms with Crippen molar-refractivity contribution in [3.8, 4) is 5.69 Å². The maximum absolute atomic E-state index is 5.02. The Morgan fingerprint density at radius 1 is 1.00 bits per heavy atom. The molecule has 8 heteroatoms. The van der Waals surface area contributed by atoms with Crippen LogP contribution in [0.4, 0.5) is 11.4 Å². The molecule has 1 aliphatic heterocycles. The van der Waals surface area contributed by atoms with Crippen molar-refractivity contribution in [1.82, 2.24) is 35.2 Å². The maximum Gasteiger partial charge on any atom is 0.196 e. The molecule has 182 valence electrons. The Bertz CT molecular complexity index is 1550. The van der Waals surface area contributed by atoms with Crippen LogP contribution in [0, 0.1) is 13.8 Å². The van der Waals surface area contributed by atoms with Crippen molar-refractivity contribution in [3.63, 3.8) is 0 Å². The molecule has 6 rings (SSSR count). The minimum Gasteiger partial charge on any atom is -0.330 e. The van der Waals surface area contributed by atoms with Gasteiger partial charge in [0.05, 0.1) is 11.7 Å². The van der Waals surface area contributed by atoms with Gasteiger partial charge in [0.15, 0.2) is 11.5 Å². The van der Waals surface area contributed by atoms with Crippen LogP contribution in [0.1, 0.15) is 60.2 Å². The first-order valence-electron chi connectivity index (χ1n) is 12.6. The van der Waals surface area contributed by atoms with Gasteiger partial charge in [-0.3, -0.25) is 4.57 Å². The van der Waals surface area contributed by atoms with E-state index >= 15 is 0 Å². The summed E-state index contributed by atoms with van der Waals surface area (Å²) < 4.78 is 2.27. The van der Waals surface area contributed by atoms with Crippen molar-refractivity contribution in [1.29, 1.82) is 0 Å². The normalized spacial score (nSPS) is 13.9. The van der Waals surface area contributed by atoms with Crippen LogP contribution in [0.25, 0.3) is 16.9 Å². The van der Waals surface area contributed by atoms with Gasteiger partial charge in [-0.2, -0.15) is 5.21 Å². The zero-order valence-corrected chi connectivity index (χ0v) is 21.2. The van der Waals surface area contributed by atoms with Gasteiger partial charge in [0.25, 0.3) is 0 Å². The number of imidazole rings is 1. The number of fused-ring (bicyclic) bond motifs is 3. The van der Waals surface area contributed by atoms with Crippen molar-refractivity contribution in [2.45, 2.75) is 59.4 Å². The van der Waals surface area contributed by atoms with E-state index < -0.39 is 0 Å². The van der Waals surface area contributed by atoms with Crippen molar-refractivity contribution >= 4 is 22.5 Å². The highest BCUT2D eigenvalue weighted by molar-refractivity contribution is 5.80. The Kier molecular flexibility index (Phi) is 5.51. The molecule has 0 spiro atoms. The molecule has 8 nitrogen and oxygen atoms in total. The number of nitrogens with zero attached hydrogens (tertiary/aromatic N) is 7. The summed E-state index contributed by atoms with van der Waals surface area (Å²) in [6, 6.07) is 15.1. The number of benzene rings is 2. The second-order valence-corrected chi connectivity index (χ2v) is 9.57. The van der Waals surface area contributed by atoms with Crippen molar-refractivity contribution in [2.24, 2.45) is 0 Å². The lowest BCUT2D eigenvalue weighted by Gasteiger charge is -2.32. The van der Waals surface area contributed by atoms with Gasteiger partial charge in [-0.15, -0.1) is 10.2 Å². The maximum atomic E-state index is 5.02. The monoisotopic (exact) mass is 478 g/mol. The van der Waals surface area contributed by atoms with E-state index in [1.807, 2.05) is 12.3 Å². The topological polar surface area (TPSA) is 88.4 Å². The Morgan fingerprint density at radius 2 is 1.83 bits per heavy atom. The fourth-order valence-corrected chi connectivity index (χ4v) is 5.52. The van der Waals surface area contributed by atoms with Crippen LogP contribution in [0.15, 0.2) is 48.7 Å². The van der Waals surface area contributed by atoms with Crippen LogP contribution >= 0.6 is 0 Å². The van der Waals surface area contributed by atoms with E-state index in [1.54, 1.807) is 0 Å². The number of tetrazole rings is 1. The summed E-state index contributed by atoms with van der Waals surface area (Å²) in [6.07, 6.45) is 5.72. The molecular formula is C28H30N8.